The van der Waals surface area contributed by atoms with Crippen LogP contribution in [0.2, 0.25) is 0 Å². The predicted molar refractivity (Wildman–Crippen MR) is 78.3 cm³/mol. The molecule has 0 radical (unpaired) electrons. The fourth-order valence-electron chi connectivity index (χ4n) is 2.12. The van der Waals surface area contributed by atoms with Crippen molar-refractivity contribution in [3.8, 4) is 5.75 Å². The van der Waals surface area contributed by atoms with Crippen molar-refractivity contribution in [3.63, 3.8) is 0 Å². The van der Waals surface area contributed by atoms with E-state index in [0.29, 0.717) is 6.04 Å². The van der Waals surface area contributed by atoms with E-state index in [0.717, 1.165) is 25.0 Å². The first-order chi connectivity index (χ1) is 8.34. The molecule has 0 bridgehead atoms. The van der Waals surface area contributed by atoms with Crippen molar-refractivity contribution in [2.45, 2.75) is 58.4 Å². The van der Waals surface area contributed by atoms with E-state index in [1.807, 2.05) is 0 Å². The molecule has 1 atom stereocenters. The monoisotopic (exact) mass is 249 g/mol. The van der Waals surface area contributed by atoms with Crippen LogP contribution in [-0.2, 0) is 11.8 Å². The van der Waals surface area contributed by atoms with Gasteiger partial charge in [0.25, 0.3) is 0 Å². The number of rotatable bonds is 5. The summed E-state index contributed by atoms with van der Waals surface area (Å²) in [4.78, 5) is 0. The Morgan fingerprint density at radius 1 is 1.28 bits per heavy atom. The number of hydrogen-bond donors (Lipinski definition) is 1. The molecule has 1 aromatic carbocycles. The van der Waals surface area contributed by atoms with Gasteiger partial charge in [0.15, 0.2) is 0 Å². The van der Waals surface area contributed by atoms with E-state index in [1.165, 1.54) is 11.1 Å². The second kappa shape index (κ2) is 6.24. The van der Waals surface area contributed by atoms with Gasteiger partial charge in [0.2, 0.25) is 0 Å². The molecule has 0 aromatic heterocycles. The zero-order chi connectivity index (χ0) is 13.8. The van der Waals surface area contributed by atoms with Gasteiger partial charge in [-0.1, -0.05) is 32.9 Å². The number of aryl methyl sites for hydroxylation is 1. The number of benzene rings is 1. The van der Waals surface area contributed by atoms with Gasteiger partial charge in [-0.05, 0) is 48.8 Å². The van der Waals surface area contributed by atoms with Gasteiger partial charge in [-0.3, -0.25) is 0 Å². The molecule has 0 saturated heterocycles. The Morgan fingerprint density at radius 3 is 2.44 bits per heavy atom. The summed E-state index contributed by atoms with van der Waals surface area (Å²) in [5, 5.41) is 0. The molecule has 0 aliphatic heterocycles. The van der Waals surface area contributed by atoms with E-state index in [9.17, 15) is 0 Å². The van der Waals surface area contributed by atoms with Crippen molar-refractivity contribution in [2.24, 2.45) is 5.73 Å². The van der Waals surface area contributed by atoms with Crippen LogP contribution in [0.5, 0.6) is 5.75 Å². The summed E-state index contributed by atoms with van der Waals surface area (Å²) in [5.74, 6) is 0.985. The Balaban J connectivity index is 2.83. The maximum atomic E-state index is 5.78. The maximum Gasteiger partial charge on any atom is 0.122 e. The van der Waals surface area contributed by atoms with Gasteiger partial charge in [-0.25, -0.2) is 0 Å². The Hall–Kier alpha value is -1.02. The number of nitrogens with two attached hydrogens (primary N) is 1. The molecule has 2 nitrogen and oxygen atoms in total. The van der Waals surface area contributed by atoms with Crippen LogP contribution in [0.1, 0.15) is 51.7 Å². The average Bonchev–Trinajstić information content (AvgIpc) is 2.27. The van der Waals surface area contributed by atoms with E-state index in [4.69, 9.17) is 10.5 Å². The molecule has 0 amide bonds. The van der Waals surface area contributed by atoms with Gasteiger partial charge < -0.3 is 10.5 Å². The lowest BCUT2D eigenvalue weighted by Crippen LogP contribution is -2.15. The van der Waals surface area contributed by atoms with E-state index in [-0.39, 0.29) is 5.41 Å². The van der Waals surface area contributed by atoms with Crippen molar-refractivity contribution in [1.82, 2.24) is 0 Å². The maximum absolute atomic E-state index is 5.78. The second-order valence-corrected chi connectivity index (χ2v) is 6.15. The third-order valence-electron chi connectivity index (χ3n) is 3.20. The van der Waals surface area contributed by atoms with Crippen LogP contribution < -0.4 is 10.5 Å². The Kier molecular flexibility index (Phi) is 5.21. The highest BCUT2D eigenvalue weighted by molar-refractivity contribution is 5.41. The minimum absolute atomic E-state index is 0.114. The lowest BCUT2D eigenvalue weighted by Gasteiger charge is -2.23. The summed E-state index contributed by atoms with van der Waals surface area (Å²) in [6, 6.07) is 6.82. The van der Waals surface area contributed by atoms with Crippen molar-refractivity contribution >= 4 is 0 Å². The van der Waals surface area contributed by atoms with Crippen molar-refractivity contribution in [2.75, 3.05) is 7.11 Å². The normalized spacial score (nSPS) is 13.4. The zero-order valence-corrected chi connectivity index (χ0v) is 12.4. The highest BCUT2D eigenvalue weighted by atomic mass is 16.5. The standard InChI is InChI=1S/C16H27NO/c1-12(17)7-6-8-13-9-10-15(18-5)14(11-13)16(2,3)4/h9-12H,6-8,17H2,1-5H3. The SMILES string of the molecule is COc1ccc(CCCC(C)N)cc1C(C)(C)C. The quantitative estimate of drug-likeness (QED) is 0.864. The molecule has 1 aromatic rings. The summed E-state index contributed by atoms with van der Waals surface area (Å²) in [6.07, 6.45) is 3.32. The Bertz CT molecular complexity index is 377. The molecular formula is C16H27NO. The van der Waals surface area contributed by atoms with Crippen LogP contribution >= 0.6 is 0 Å². The topological polar surface area (TPSA) is 35.2 Å². The summed E-state index contributed by atoms with van der Waals surface area (Å²) in [5.41, 5.74) is 8.55. The lowest BCUT2D eigenvalue weighted by atomic mass is 9.85. The van der Waals surface area contributed by atoms with Gasteiger partial charge in [-0.15, -0.1) is 0 Å². The largest absolute Gasteiger partial charge is 0.496 e. The average molecular weight is 249 g/mol. The molecule has 0 aliphatic carbocycles. The molecule has 18 heavy (non-hydrogen) atoms. The summed E-state index contributed by atoms with van der Waals surface area (Å²) in [7, 11) is 1.74. The first-order valence-electron chi connectivity index (χ1n) is 6.77. The molecule has 0 fully saturated rings. The van der Waals surface area contributed by atoms with E-state index in [2.05, 4.69) is 45.9 Å². The number of ether oxygens (including phenoxy) is 1. The van der Waals surface area contributed by atoms with Gasteiger partial charge in [0.05, 0.1) is 7.11 Å². The third-order valence-corrected chi connectivity index (χ3v) is 3.20. The molecule has 0 spiro atoms. The lowest BCUT2D eigenvalue weighted by molar-refractivity contribution is 0.397. The van der Waals surface area contributed by atoms with E-state index < -0.39 is 0 Å². The van der Waals surface area contributed by atoms with Gasteiger partial charge in [-0.2, -0.15) is 0 Å². The van der Waals surface area contributed by atoms with Crippen molar-refractivity contribution < 1.29 is 4.74 Å². The fraction of sp³-hybridized carbons (Fsp3) is 0.625. The highest BCUT2D eigenvalue weighted by Gasteiger charge is 2.19. The zero-order valence-electron chi connectivity index (χ0n) is 12.4. The van der Waals surface area contributed by atoms with Crippen LogP contribution in [0, 0.1) is 0 Å². The fourth-order valence-corrected chi connectivity index (χ4v) is 2.12. The van der Waals surface area contributed by atoms with Crippen LogP contribution in [0.3, 0.4) is 0 Å². The predicted octanol–water partition coefficient (Wildman–Crippen LogP) is 3.66. The summed E-state index contributed by atoms with van der Waals surface area (Å²) < 4.78 is 5.45. The van der Waals surface area contributed by atoms with Crippen LogP contribution in [-0.4, -0.2) is 13.2 Å². The summed E-state index contributed by atoms with van der Waals surface area (Å²) >= 11 is 0. The molecule has 0 aliphatic rings. The highest BCUT2D eigenvalue weighted by Crippen LogP contribution is 2.32. The molecule has 102 valence electrons. The molecule has 1 unspecified atom stereocenters. The van der Waals surface area contributed by atoms with E-state index >= 15 is 0 Å². The van der Waals surface area contributed by atoms with Gasteiger partial charge in [0.1, 0.15) is 5.75 Å². The van der Waals surface area contributed by atoms with Crippen molar-refractivity contribution in [3.05, 3.63) is 29.3 Å². The second-order valence-electron chi connectivity index (χ2n) is 6.15. The van der Waals surface area contributed by atoms with Gasteiger partial charge in [0, 0.05) is 6.04 Å². The smallest absolute Gasteiger partial charge is 0.122 e. The van der Waals surface area contributed by atoms with Crippen LogP contribution in [0.25, 0.3) is 0 Å². The minimum Gasteiger partial charge on any atom is -0.496 e. The van der Waals surface area contributed by atoms with Crippen LogP contribution in [0.15, 0.2) is 18.2 Å². The number of hydrogen-bond acceptors (Lipinski definition) is 2. The molecule has 0 saturated carbocycles. The van der Waals surface area contributed by atoms with Gasteiger partial charge >= 0.3 is 0 Å². The van der Waals surface area contributed by atoms with E-state index in [1.54, 1.807) is 7.11 Å². The molecule has 0 heterocycles. The molecule has 1 rings (SSSR count). The minimum atomic E-state index is 0.114. The molecular weight excluding hydrogens is 222 g/mol. The third kappa shape index (κ3) is 4.34. The summed E-state index contributed by atoms with van der Waals surface area (Å²) in [6.45, 7) is 8.72. The Morgan fingerprint density at radius 2 is 1.94 bits per heavy atom. The Labute approximate surface area is 112 Å². The van der Waals surface area contributed by atoms with Crippen molar-refractivity contribution in [1.29, 1.82) is 0 Å². The first kappa shape index (κ1) is 15.0. The van der Waals surface area contributed by atoms with Crippen LogP contribution in [0.4, 0.5) is 0 Å². The number of methoxy groups -OCH3 is 1. The molecule has 2 N–H and O–H groups in total. The first-order valence-corrected chi connectivity index (χ1v) is 6.77. The molecule has 2 heteroatoms.